The normalized spacial score (nSPS) is 26.4. The van der Waals surface area contributed by atoms with Gasteiger partial charge in [0.25, 0.3) is 0 Å². The number of benzene rings is 1. The Labute approximate surface area is 130 Å². The molecule has 1 aromatic carbocycles. The van der Waals surface area contributed by atoms with E-state index in [-0.39, 0.29) is 17.3 Å². The van der Waals surface area contributed by atoms with Crippen LogP contribution >= 0.6 is 0 Å². The second-order valence-electron chi connectivity index (χ2n) is 6.41. The lowest BCUT2D eigenvalue weighted by Gasteiger charge is -2.48. The Morgan fingerprint density at radius 1 is 1.27 bits per heavy atom. The van der Waals surface area contributed by atoms with Crippen LogP contribution in [-0.2, 0) is 16.1 Å². The number of piperidine rings is 1. The second kappa shape index (κ2) is 6.34. The maximum atomic E-state index is 13.0. The quantitative estimate of drug-likeness (QED) is 0.838. The molecule has 2 heterocycles. The number of carbonyl (C=O) groups is 1. The molecule has 1 amide bonds. The van der Waals surface area contributed by atoms with Crippen LogP contribution in [0.5, 0.6) is 0 Å². The van der Waals surface area contributed by atoms with Gasteiger partial charge in [-0.1, -0.05) is 12.1 Å². The van der Waals surface area contributed by atoms with Crippen LogP contribution in [-0.4, -0.2) is 54.1 Å². The summed E-state index contributed by atoms with van der Waals surface area (Å²) in [7, 11) is 0. The van der Waals surface area contributed by atoms with Crippen molar-refractivity contribution in [1.82, 2.24) is 9.80 Å². The van der Waals surface area contributed by atoms with Crippen LogP contribution in [0.15, 0.2) is 24.3 Å². The smallest absolute Gasteiger partial charge is 0.219 e. The van der Waals surface area contributed by atoms with Gasteiger partial charge in [0.05, 0.1) is 18.8 Å². The molecule has 2 aliphatic heterocycles. The van der Waals surface area contributed by atoms with Crippen LogP contribution < -0.4 is 0 Å². The molecule has 3 rings (SSSR count). The lowest BCUT2D eigenvalue weighted by Crippen LogP contribution is -2.60. The van der Waals surface area contributed by atoms with E-state index in [9.17, 15) is 9.18 Å². The molecule has 1 aromatic rings. The molecule has 2 aliphatic rings. The number of nitrogens with zero attached hydrogens (tertiary/aromatic N) is 2. The van der Waals surface area contributed by atoms with Gasteiger partial charge >= 0.3 is 0 Å². The van der Waals surface area contributed by atoms with E-state index in [0.29, 0.717) is 13.2 Å². The Morgan fingerprint density at radius 3 is 2.77 bits per heavy atom. The molecule has 0 aliphatic carbocycles. The highest BCUT2D eigenvalue weighted by atomic mass is 19.1. The van der Waals surface area contributed by atoms with Crippen LogP contribution in [0.3, 0.4) is 0 Å². The fourth-order valence-corrected chi connectivity index (χ4v) is 3.52. The first-order valence-electron chi connectivity index (χ1n) is 7.93. The minimum atomic E-state index is -0.234. The van der Waals surface area contributed by atoms with Crippen LogP contribution in [0.4, 0.5) is 4.39 Å². The van der Waals surface area contributed by atoms with E-state index in [1.54, 1.807) is 6.92 Å². The average Bonchev–Trinajstić information content (AvgIpc) is 2.50. The van der Waals surface area contributed by atoms with Gasteiger partial charge in [0.1, 0.15) is 5.82 Å². The van der Waals surface area contributed by atoms with Crippen molar-refractivity contribution in [3.63, 3.8) is 0 Å². The molecule has 1 unspecified atom stereocenters. The molecule has 0 radical (unpaired) electrons. The van der Waals surface area contributed by atoms with Crippen molar-refractivity contribution >= 4 is 5.91 Å². The first-order chi connectivity index (χ1) is 10.6. The minimum Gasteiger partial charge on any atom is -0.370 e. The summed E-state index contributed by atoms with van der Waals surface area (Å²) < 4.78 is 19.1. The Hall–Kier alpha value is -1.46. The fourth-order valence-electron chi connectivity index (χ4n) is 3.52. The first-order valence-corrected chi connectivity index (χ1v) is 7.93. The number of amides is 1. The third-order valence-electron chi connectivity index (χ3n) is 4.63. The number of carbonyl (C=O) groups excluding carboxylic acids is 1. The Bertz CT molecular complexity index is 530. The molecule has 0 aromatic heterocycles. The van der Waals surface area contributed by atoms with Crippen molar-refractivity contribution in [3.8, 4) is 0 Å². The van der Waals surface area contributed by atoms with E-state index >= 15 is 0 Å². The highest BCUT2D eigenvalue weighted by Crippen LogP contribution is 2.29. The van der Waals surface area contributed by atoms with Crippen LogP contribution in [0.2, 0.25) is 0 Å². The van der Waals surface area contributed by atoms with Gasteiger partial charge in [-0.15, -0.1) is 0 Å². The molecular formula is C17H23FN2O2. The number of hydrogen-bond donors (Lipinski definition) is 0. The molecule has 5 heteroatoms. The molecule has 0 bridgehead atoms. The molecule has 1 atom stereocenters. The lowest BCUT2D eigenvalue weighted by molar-refractivity contribution is -0.156. The van der Waals surface area contributed by atoms with Gasteiger partial charge in [-0.25, -0.2) is 4.39 Å². The third-order valence-corrected chi connectivity index (χ3v) is 4.63. The second-order valence-corrected chi connectivity index (χ2v) is 6.41. The van der Waals surface area contributed by atoms with Crippen LogP contribution in [0.1, 0.15) is 25.3 Å². The lowest BCUT2D eigenvalue weighted by atomic mass is 9.90. The molecule has 1 spiro atoms. The zero-order valence-corrected chi connectivity index (χ0v) is 13.1. The highest BCUT2D eigenvalue weighted by molar-refractivity contribution is 5.73. The summed E-state index contributed by atoms with van der Waals surface area (Å²) in [5.41, 5.74) is 0.875. The molecule has 4 nitrogen and oxygen atoms in total. The molecule has 2 fully saturated rings. The minimum absolute atomic E-state index is 0.123. The summed E-state index contributed by atoms with van der Waals surface area (Å²) in [5, 5.41) is 0. The summed E-state index contributed by atoms with van der Waals surface area (Å²) in [6.07, 6.45) is 1.99. The zero-order valence-electron chi connectivity index (χ0n) is 13.1. The topological polar surface area (TPSA) is 32.8 Å². The van der Waals surface area contributed by atoms with Crippen molar-refractivity contribution in [2.45, 2.75) is 31.9 Å². The Morgan fingerprint density at radius 2 is 2.05 bits per heavy atom. The predicted octanol–water partition coefficient (Wildman–Crippen LogP) is 2.04. The highest BCUT2D eigenvalue weighted by Gasteiger charge is 2.41. The number of ether oxygens (including phenoxy) is 1. The zero-order chi connectivity index (χ0) is 15.6. The van der Waals surface area contributed by atoms with Crippen molar-refractivity contribution in [2.75, 3.05) is 32.8 Å². The monoisotopic (exact) mass is 306 g/mol. The maximum absolute atomic E-state index is 13.0. The summed E-state index contributed by atoms with van der Waals surface area (Å²) in [4.78, 5) is 15.9. The van der Waals surface area contributed by atoms with Gasteiger partial charge in [-0.05, 0) is 30.5 Å². The van der Waals surface area contributed by atoms with Crippen molar-refractivity contribution < 1.29 is 13.9 Å². The van der Waals surface area contributed by atoms with Crippen molar-refractivity contribution in [2.24, 2.45) is 0 Å². The predicted molar refractivity (Wildman–Crippen MR) is 81.8 cm³/mol. The molecule has 22 heavy (non-hydrogen) atoms. The number of hydrogen-bond acceptors (Lipinski definition) is 3. The average molecular weight is 306 g/mol. The number of rotatable bonds is 2. The molecule has 120 valence electrons. The SMILES string of the molecule is CC(=O)N1CCCC2(CN(Cc3ccc(F)cc3)CCO2)C1. The van der Waals surface area contributed by atoms with E-state index in [0.717, 1.165) is 44.6 Å². The summed E-state index contributed by atoms with van der Waals surface area (Å²) >= 11 is 0. The van der Waals surface area contributed by atoms with E-state index in [1.165, 1.54) is 12.1 Å². The van der Waals surface area contributed by atoms with Crippen LogP contribution in [0, 0.1) is 5.82 Å². The summed E-state index contributed by atoms with van der Waals surface area (Å²) in [6, 6.07) is 6.67. The van der Waals surface area contributed by atoms with E-state index in [2.05, 4.69) is 4.90 Å². The first kappa shape index (κ1) is 15.4. The van der Waals surface area contributed by atoms with Gasteiger partial charge < -0.3 is 9.64 Å². The van der Waals surface area contributed by atoms with Gasteiger partial charge in [0.15, 0.2) is 0 Å². The largest absolute Gasteiger partial charge is 0.370 e. The molecule has 0 N–H and O–H groups in total. The van der Waals surface area contributed by atoms with Crippen molar-refractivity contribution in [1.29, 1.82) is 0 Å². The maximum Gasteiger partial charge on any atom is 0.219 e. The summed E-state index contributed by atoms with van der Waals surface area (Å²) in [5.74, 6) is -0.0788. The number of likely N-dealkylation sites (tertiary alicyclic amines) is 1. The third kappa shape index (κ3) is 3.47. The molecule has 2 saturated heterocycles. The van der Waals surface area contributed by atoms with Crippen molar-refractivity contribution in [3.05, 3.63) is 35.6 Å². The van der Waals surface area contributed by atoms with E-state index in [1.807, 2.05) is 17.0 Å². The number of morpholine rings is 1. The molecule has 0 saturated carbocycles. The van der Waals surface area contributed by atoms with E-state index < -0.39 is 0 Å². The Kier molecular flexibility index (Phi) is 4.45. The molecular weight excluding hydrogens is 283 g/mol. The fraction of sp³-hybridized carbons (Fsp3) is 0.588. The van der Waals surface area contributed by atoms with Gasteiger partial charge in [-0.2, -0.15) is 0 Å². The number of halogens is 1. The van der Waals surface area contributed by atoms with Gasteiger partial charge in [0.2, 0.25) is 5.91 Å². The van der Waals surface area contributed by atoms with E-state index in [4.69, 9.17) is 4.74 Å². The standard InChI is InChI=1S/C17H23FN2O2/c1-14(21)20-8-2-7-17(13-20)12-19(9-10-22-17)11-15-3-5-16(18)6-4-15/h3-6H,2,7-13H2,1H3. The van der Waals surface area contributed by atoms with Crippen LogP contribution in [0.25, 0.3) is 0 Å². The summed E-state index contributed by atoms with van der Waals surface area (Å²) in [6.45, 7) is 6.32. The van der Waals surface area contributed by atoms with Gasteiger partial charge in [-0.3, -0.25) is 9.69 Å². The van der Waals surface area contributed by atoms with Gasteiger partial charge in [0, 0.05) is 33.1 Å². The Balaban J connectivity index is 1.65.